The van der Waals surface area contributed by atoms with E-state index in [0.29, 0.717) is 0 Å². The molecule has 0 amide bonds. The van der Waals surface area contributed by atoms with Crippen molar-refractivity contribution in [1.82, 2.24) is 5.48 Å². The zero-order chi connectivity index (χ0) is 33.5. The van der Waals surface area contributed by atoms with Crippen molar-refractivity contribution in [3.63, 3.8) is 0 Å². The lowest BCUT2D eigenvalue weighted by atomic mass is 9.72. The van der Waals surface area contributed by atoms with Crippen molar-refractivity contribution in [2.45, 2.75) is 68.9 Å². The van der Waals surface area contributed by atoms with E-state index in [1.807, 2.05) is 0 Å². The molecule has 248 valence electrons. The molecule has 8 N–H and O–H groups in total. The molecule has 0 spiro atoms. The fourth-order valence-electron chi connectivity index (χ4n) is 6.17. The monoisotopic (exact) mass is 646 g/mol. The number of rotatable bonds is 10. The summed E-state index contributed by atoms with van der Waals surface area (Å²) in [6.07, 6.45) is -6.32. The molecular formula is C30H34N2O14. The number of hydrogen-bond donors (Lipinski definition) is 7. The number of ketones is 3. The number of aliphatic hydroxyl groups is 3. The Balaban J connectivity index is 1.55. The summed E-state index contributed by atoms with van der Waals surface area (Å²) in [5, 5.41) is 54.7. The smallest absolute Gasteiger partial charge is 0.327 e. The summed E-state index contributed by atoms with van der Waals surface area (Å²) in [6, 6.07) is 3.36. The number of aromatic hydroxyl groups is 2. The lowest BCUT2D eigenvalue weighted by Gasteiger charge is -2.42. The van der Waals surface area contributed by atoms with Gasteiger partial charge in [0, 0.05) is 36.0 Å². The van der Waals surface area contributed by atoms with Gasteiger partial charge in [-0.05, 0) is 13.0 Å². The van der Waals surface area contributed by atoms with Gasteiger partial charge in [0.25, 0.3) is 0 Å². The number of nitrogens with two attached hydrogens (primary N) is 1. The van der Waals surface area contributed by atoms with E-state index in [0.717, 1.165) is 0 Å². The summed E-state index contributed by atoms with van der Waals surface area (Å²) >= 11 is 0. The first-order valence-electron chi connectivity index (χ1n) is 14.4. The third-order valence-corrected chi connectivity index (χ3v) is 8.51. The summed E-state index contributed by atoms with van der Waals surface area (Å²) in [5.41, 5.74) is -1.58. The van der Waals surface area contributed by atoms with E-state index >= 15 is 0 Å². The maximum absolute atomic E-state index is 13.8. The summed E-state index contributed by atoms with van der Waals surface area (Å²) in [6.45, 7) is 0.326. The molecule has 1 saturated heterocycles. The van der Waals surface area contributed by atoms with Crippen molar-refractivity contribution in [3.05, 3.63) is 51.6 Å². The number of benzene rings is 2. The van der Waals surface area contributed by atoms with Gasteiger partial charge in [-0.25, -0.2) is 5.90 Å². The summed E-state index contributed by atoms with van der Waals surface area (Å²) in [4.78, 5) is 61.4. The molecule has 1 fully saturated rings. The Morgan fingerprint density at radius 3 is 2.52 bits per heavy atom. The highest BCUT2D eigenvalue weighted by Crippen LogP contribution is 2.52. The Morgan fingerprint density at radius 2 is 1.85 bits per heavy atom. The molecule has 2 aromatic carbocycles. The van der Waals surface area contributed by atoms with Crippen molar-refractivity contribution < 1.29 is 68.6 Å². The highest BCUT2D eigenvalue weighted by Gasteiger charge is 2.50. The van der Waals surface area contributed by atoms with E-state index in [1.54, 1.807) is 0 Å². The van der Waals surface area contributed by atoms with Crippen molar-refractivity contribution in [2.75, 3.05) is 20.3 Å². The van der Waals surface area contributed by atoms with Crippen LogP contribution in [0.25, 0.3) is 0 Å². The first-order chi connectivity index (χ1) is 21.9. The number of ether oxygens (including phenoxy) is 3. The normalized spacial score (nSPS) is 27.0. The third kappa shape index (κ3) is 5.73. The van der Waals surface area contributed by atoms with Crippen LogP contribution in [0.3, 0.4) is 0 Å². The standard InChI is InChI=1S/C30H34N2O14/c1-12-25(36)15(32-46-19(35)6-7-43-31)8-20(44-12)45-17-10-30(41,18(34)11-33)9-14-22(17)29(40)24-23(27(14)38)26(37)13-4-3-5-16(42-2)21(13)28(24)39/h3-5,12,15,17,20,25,32-33,36,38,40-41H,6-11,31H2,1-2H3/t12?,15?,17-,20?,25?,30-/m0/s1. The van der Waals surface area contributed by atoms with Gasteiger partial charge >= 0.3 is 5.97 Å². The number of Topliss-reactive ketones (excluding diaryl/α,β-unsaturated/α-hetero) is 1. The van der Waals surface area contributed by atoms with Crippen LogP contribution in [0.5, 0.6) is 17.2 Å². The van der Waals surface area contributed by atoms with Crippen LogP contribution < -0.4 is 16.1 Å². The molecule has 1 aliphatic heterocycles. The topological polar surface area (TPSA) is 254 Å². The van der Waals surface area contributed by atoms with Gasteiger partial charge in [0.15, 0.2) is 17.9 Å². The number of methoxy groups -OCH3 is 1. The van der Waals surface area contributed by atoms with Gasteiger partial charge in [-0.15, -0.1) is 5.48 Å². The molecule has 1 heterocycles. The van der Waals surface area contributed by atoms with E-state index < -0.39 is 102 Å². The average molecular weight is 647 g/mol. The molecule has 3 aliphatic rings. The summed E-state index contributed by atoms with van der Waals surface area (Å²) in [5.74, 6) is 0.119. The van der Waals surface area contributed by atoms with Gasteiger partial charge in [-0.2, -0.15) is 0 Å². The Kier molecular flexibility index (Phi) is 9.44. The Labute approximate surface area is 261 Å². The van der Waals surface area contributed by atoms with Crippen LogP contribution in [0, 0.1) is 0 Å². The molecule has 2 aliphatic carbocycles. The zero-order valence-electron chi connectivity index (χ0n) is 24.8. The van der Waals surface area contributed by atoms with Gasteiger partial charge in [0.05, 0.1) is 61.2 Å². The number of hydrogen-bond acceptors (Lipinski definition) is 16. The van der Waals surface area contributed by atoms with Crippen LogP contribution in [-0.4, -0.2) is 99.3 Å². The first-order valence-corrected chi connectivity index (χ1v) is 14.4. The number of fused-ring (bicyclic) bond motifs is 3. The van der Waals surface area contributed by atoms with Gasteiger partial charge in [0.2, 0.25) is 5.78 Å². The molecule has 5 rings (SSSR count). The van der Waals surface area contributed by atoms with Crippen LogP contribution in [-0.2, 0) is 35.2 Å². The predicted molar refractivity (Wildman–Crippen MR) is 152 cm³/mol. The minimum atomic E-state index is -2.33. The second kappa shape index (κ2) is 13.0. The fourth-order valence-corrected chi connectivity index (χ4v) is 6.17. The Bertz CT molecular complexity index is 1580. The maximum atomic E-state index is 13.8. The second-order valence-corrected chi connectivity index (χ2v) is 11.3. The van der Waals surface area contributed by atoms with Crippen LogP contribution in [0.15, 0.2) is 18.2 Å². The van der Waals surface area contributed by atoms with Crippen molar-refractivity contribution in [2.24, 2.45) is 5.90 Å². The number of nitrogens with one attached hydrogen (secondary N) is 1. The van der Waals surface area contributed by atoms with Gasteiger partial charge in [0.1, 0.15) is 29.5 Å². The van der Waals surface area contributed by atoms with Crippen LogP contribution in [0.1, 0.15) is 75.3 Å². The molecule has 0 bridgehead atoms. The van der Waals surface area contributed by atoms with Gasteiger partial charge < -0.3 is 49.4 Å². The number of aliphatic hydroxyl groups excluding tert-OH is 2. The molecule has 16 heteroatoms. The van der Waals surface area contributed by atoms with Gasteiger partial charge in [-0.3, -0.25) is 19.2 Å². The number of carbonyl (C=O) groups is 4. The first kappa shape index (κ1) is 33.4. The minimum absolute atomic E-state index is 0.0618. The molecular weight excluding hydrogens is 612 g/mol. The zero-order valence-corrected chi connectivity index (χ0v) is 24.8. The molecule has 2 aromatic rings. The highest BCUT2D eigenvalue weighted by molar-refractivity contribution is 6.31. The largest absolute Gasteiger partial charge is 0.507 e. The number of carbonyl (C=O) groups excluding carboxylic acids is 4. The molecule has 46 heavy (non-hydrogen) atoms. The molecule has 4 unspecified atom stereocenters. The highest BCUT2D eigenvalue weighted by atomic mass is 16.7. The lowest BCUT2D eigenvalue weighted by molar-refractivity contribution is -0.256. The van der Waals surface area contributed by atoms with Gasteiger partial charge in [-0.1, -0.05) is 12.1 Å². The van der Waals surface area contributed by atoms with Crippen molar-refractivity contribution in [3.8, 4) is 17.2 Å². The predicted octanol–water partition coefficient (Wildman–Crippen LogP) is -0.629. The molecule has 6 atom stereocenters. The van der Waals surface area contributed by atoms with Crippen LogP contribution >= 0.6 is 0 Å². The molecule has 0 aromatic heterocycles. The number of phenols is 2. The fraction of sp³-hybridized carbons (Fsp3) is 0.467. The molecule has 0 saturated carbocycles. The molecule has 16 nitrogen and oxygen atoms in total. The average Bonchev–Trinajstić information content (AvgIpc) is 3.03. The Morgan fingerprint density at radius 1 is 1.13 bits per heavy atom. The summed E-state index contributed by atoms with van der Waals surface area (Å²) in [7, 11) is 1.30. The molecule has 0 radical (unpaired) electrons. The van der Waals surface area contributed by atoms with E-state index in [4.69, 9.17) is 24.9 Å². The number of phenolic OH excluding ortho intramolecular Hbond substituents is 2. The van der Waals surface area contributed by atoms with E-state index in [2.05, 4.69) is 10.3 Å². The van der Waals surface area contributed by atoms with Crippen LogP contribution in [0.4, 0.5) is 0 Å². The summed E-state index contributed by atoms with van der Waals surface area (Å²) < 4.78 is 17.2. The van der Waals surface area contributed by atoms with E-state index in [-0.39, 0.29) is 47.5 Å². The Hall–Kier alpha value is -4.00. The minimum Gasteiger partial charge on any atom is -0.507 e. The number of hydroxylamine groups is 1. The quantitative estimate of drug-likeness (QED) is 0.107. The van der Waals surface area contributed by atoms with Crippen molar-refractivity contribution >= 4 is 23.3 Å². The van der Waals surface area contributed by atoms with E-state index in [1.165, 1.54) is 32.2 Å². The van der Waals surface area contributed by atoms with E-state index in [9.17, 15) is 44.7 Å². The SMILES string of the molecule is COc1cccc2c1C(=O)c1c(O)c3c(c(O)c1C2=O)C[C@@](O)(C(=O)CO)C[C@@H]3OC1CC(NOC(=O)CCON)C(O)C(C)O1. The second-order valence-electron chi connectivity index (χ2n) is 11.3. The van der Waals surface area contributed by atoms with Crippen LogP contribution in [0.2, 0.25) is 0 Å². The third-order valence-electron chi connectivity index (χ3n) is 8.51. The lowest BCUT2D eigenvalue weighted by Crippen LogP contribution is -2.55. The van der Waals surface area contributed by atoms with Crippen molar-refractivity contribution in [1.29, 1.82) is 0 Å². The maximum Gasteiger partial charge on any atom is 0.327 e.